The molecule has 1 aromatic rings. The van der Waals surface area contributed by atoms with Gasteiger partial charge in [0.25, 0.3) is 0 Å². The van der Waals surface area contributed by atoms with Gasteiger partial charge in [0.05, 0.1) is 6.61 Å². The van der Waals surface area contributed by atoms with Crippen molar-refractivity contribution >= 4 is 0 Å². The van der Waals surface area contributed by atoms with Crippen LogP contribution in [0.3, 0.4) is 0 Å². The van der Waals surface area contributed by atoms with Crippen LogP contribution in [0.15, 0.2) is 24.3 Å². The largest absolute Gasteiger partial charge is 0.392 e. The van der Waals surface area contributed by atoms with Crippen LogP contribution in [-0.2, 0) is 13.2 Å². The van der Waals surface area contributed by atoms with Crippen molar-refractivity contribution in [3.8, 4) is 0 Å². The molecule has 1 fully saturated rings. The first-order valence-electron chi connectivity index (χ1n) is 6.17. The highest BCUT2D eigenvalue weighted by Crippen LogP contribution is 2.47. The second-order valence-electron chi connectivity index (χ2n) is 4.93. The molecule has 0 amide bonds. The Labute approximate surface area is 97.7 Å². The van der Waals surface area contributed by atoms with Gasteiger partial charge in [0, 0.05) is 13.1 Å². The van der Waals surface area contributed by atoms with E-state index in [0.717, 1.165) is 18.7 Å². The molecule has 0 unspecified atom stereocenters. The number of rotatable bonds is 6. The van der Waals surface area contributed by atoms with Crippen LogP contribution >= 0.6 is 0 Å². The molecule has 2 nitrogen and oxygen atoms in total. The maximum absolute atomic E-state index is 8.94. The fourth-order valence-corrected chi connectivity index (χ4v) is 2.07. The van der Waals surface area contributed by atoms with Gasteiger partial charge in [-0.1, -0.05) is 31.2 Å². The summed E-state index contributed by atoms with van der Waals surface area (Å²) in [5.74, 6) is 0. The summed E-state index contributed by atoms with van der Waals surface area (Å²) >= 11 is 0. The number of aliphatic hydroxyl groups is 1. The Hall–Kier alpha value is -0.860. The number of benzene rings is 1. The van der Waals surface area contributed by atoms with Gasteiger partial charge in [0.1, 0.15) is 0 Å². The third-order valence-electron chi connectivity index (χ3n) is 3.74. The predicted molar refractivity (Wildman–Crippen MR) is 66.0 cm³/mol. The zero-order chi connectivity index (χ0) is 11.4. The molecule has 0 aromatic heterocycles. The maximum Gasteiger partial charge on any atom is 0.0681 e. The molecule has 0 heterocycles. The number of hydrogen-bond donors (Lipinski definition) is 2. The van der Waals surface area contributed by atoms with E-state index in [1.807, 2.05) is 12.1 Å². The molecule has 0 spiro atoms. The first kappa shape index (κ1) is 11.6. The lowest BCUT2D eigenvalue weighted by Gasteiger charge is -2.13. The molecule has 1 saturated carbocycles. The minimum absolute atomic E-state index is 0.132. The van der Waals surface area contributed by atoms with Crippen molar-refractivity contribution in [2.24, 2.45) is 5.41 Å². The van der Waals surface area contributed by atoms with Crippen LogP contribution in [0.4, 0.5) is 0 Å². The summed E-state index contributed by atoms with van der Waals surface area (Å²) in [4.78, 5) is 0. The fourth-order valence-electron chi connectivity index (χ4n) is 2.07. The lowest BCUT2D eigenvalue weighted by atomic mass is 10.0. The normalized spacial score (nSPS) is 17.4. The van der Waals surface area contributed by atoms with Crippen LogP contribution < -0.4 is 5.32 Å². The summed E-state index contributed by atoms with van der Waals surface area (Å²) in [5, 5.41) is 12.5. The van der Waals surface area contributed by atoms with E-state index in [0.29, 0.717) is 5.41 Å². The van der Waals surface area contributed by atoms with E-state index in [2.05, 4.69) is 24.4 Å². The Bertz CT molecular complexity index is 327. The quantitative estimate of drug-likeness (QED) is 0.770. The fraction of sp³-hybridized carbons (Fsp3) is 0.571. The standard InChI is InChI=1S/C14H21NO/c1-2-14(7-8-14)11-15-9-12-3-5-13(10-16)6-4-12/h3-6,15-16H,2,7-11H2,1H3. The van der Waals surface area contributed by atoms with Gasteiger partial charge < -0.3 is 10.4 Å². The van der Waals surface area contributed by atoms with Gasteiger partial charge >= 0.3 is 0 Å². The van der Waals surface area contributed by atoms with E-state index >= 15 is 0 Å². The zero-order valence-electron chi connectivity index (χ0n) is 10.00. The van der Waals surface area contributed by atoms with Gasteiger partial charge in [0.15, 0.2) is 0 Å². The van der Waals surface area contributed by atoms with Gasteiger partial charge in [-0.05, 0) is 35.8 Å². The molecular weight excluding hydrogens is 198 g/mol. The minimum atomic E-state index is 0.132. The van der Waals surface area contributed by atoms with Crippen molar-refractivity contribution < 1.29 is 5.11 Å². The Morgan fingerprint density at radius 3 is 2.31 bits per heavy atom. The van der Waals surface area contributed by atoms with Crippen molar-refractivity contribution in [1.82, 2.24) is 5.32 Å². The summed E-state index contributed by atoms with van der Waals surface area (Å²) in [6, 6.07) is 8.15. The Morgan fingerprint density at radius 1 is 1.19 bits per heavy atom. The lowest BCUT2D eigenvalue weighted by molar-refractivity contribution is 0.282. The third kappa shape index (κ3) is 2.83. The van der Waals surface area contributed by atoms with E-state index < -0.39 is 0 Å². The monoisotopic (exact) mass is 219 g/mol. The Morgan fingerprint density at radius 2 is 1.81 bits per heavy atom. The third-order valence-corrected chi connectivity index (χ3v) is 3.74. The van der Waals surface area contributed by atoms with E-state index in [1.165, 1.54) is 24.8 Å². The predicted octanol–water partition coefficient (Wildman–Crippen LogP) is 2.46. The average molecular weight is 219 g/mol. The second kappa shape index (κ2) is 4.98. The van der Waals surface area contributed by atoms with Crippen molar-refractivity contribution in [3.63, 3.8) is 0 Å². The van der Waals surface area contributed by atoms with E-state index in [1.54, 1.807) is 0 Å². The molecule has 88 valence electrons. The van der Waals surface area contributed by atoms with Gasteiger partial charge in [-0.15, -0.1) is 0 Å². The van der Waals surface area contributed by atoms with E-state index in [-0.39, 0.29) is 6.61 Å². The molecular formula is C14H21NO. The molecule has 0 atom stereocenters. The van der Waals surface area contributed by atoms with Crippen molar-refractivity contribution in [1.29, 1.82) is 0 Å². The highest BCUT2D eigenvalue weighted by Gasteiger charge is 2.39. The number of hydrogen-bond acceptors (Lipinski definition) is 2. The van der Waals surface area contributed by atoms with Crippen LogP contribution in [0, 0.1) is 5.41 Å². The summed E-state index contributed by atoms with van der Waals surface area (Å²) in [7, 11) is 0. The average Bonchev–Trinajstić information content (AvgIpc) is 3.11. The zero-order valence-corrected chi connectivity index (χ0v) is 10.00. The summed E-state index contributed by atoms with van der Waals surface area (Å²) < 4.78 is 0. The van der Waals surface area contributed by atoms with Crippen LogP contribution in [0.5, 0.6) is 0 Å². The topological polar surface area (TPSA) is 32.3 Å². The summed E-state index contributed by atoms with van der Waals surface area (Å²) in [6.45, 7) is 4.50. The van der Waals surface area contributed by atoms with E-state index in [4.69, 9.17) is 5.11 Å². The van der Waals surface area contributed by atoms with Crippen molar-refractivity contribution in [2.45, 2.75) is 39.3 Å². The molecule has 16 heavy (non-hydrogen) atoms. The smallest absolute Gasteiger partial charge is 0.0681 e. The molecule has 1 aromatic carbocycles. The number of aliphatic hydroxyl groups excluding tert-OH is 1. The highest BCUT2D eigenvalue weighted by molar-refractivity contribution is 5.21. The van der Waals surface area contributed by atoms with E-state index in [9.17, 15) is 0 Å². The van der Waals surface area contributed by atoms with Crippen LogP contribution in [0.2, 0.25) is 0 Å². The van der Waals surface area contributed by atoms with Crippen molar-refractivity contribution in [3.05, 3.63) is 35.4 Å². The van der Waals surface area contributed by atoms with Crippen LogP contribution in [0.25, 0.3) is 0 Å². The molecule has 1 aliphatic rings. The summed E-state index contributed by atoms with van der Waals surface area (Å²) in [5.41, 5.74) is 2.89. The second-order valence-corrected chi connectivity index (χ2v) is 4.93. The molecule has 0 aliphatic heterocycles. The number of nitrogens with one attached hydrogen (secondary N) is 1. The summed E-state index contributed by atoms with van der Waals surface area (Å²) in [6.07, 6.45) is 4.07. The minimum Gasteiger partial charge on any atom is -0.392 e. The Balaban J connectivity index is 1.76. The molecule has 2 N–H and O–H groups in total. The molecule has 0 bridgehead atoms. The molecule has 1 aliphatic carbocycles. The van der Waals surface area contributed by atoms with Crippen LogP contribution in [0.1, 0.15) is 37.3 Å². The highest BCUT2D eigenvalue weighted by atomic mass is 16.3. The van der Waals surface area contributed by atoms with Gasteiger partial charge in [-0.3, -0.25) is 0 Å². The lowest BCUT2D eigenvalue weighted by Crippen LogP contribution is -2.23. The van der Waals surface area contributed by atoms with Gasteiger partial charge in [0.2, 0.25) is 0 Å². The first-order valence-corrected chi connectivity index (χ1v) is 6.17. The first-order chi connectivity index (χ1) is 7.78. The van der Waals surface area contributed by atoms with Gasteiger partial charge in [-0.25, -0.2) is 0 Å². The van der Waals surface area contributed by atoms with Gasteiger partial charge in [-0.2, -0.15) is 0 Å². The molecule has 2 heteroatoms. The molecule has 2 rings (SSSR count). The maximum atomic E-state index is 8.94. The van der Waals surface area contributed by atoms with Crippen LogP contribution in [-0.4, -0.2) is 11.7 Å². The molecule has 0 saturated heterocycles. The SMILES string of the molecule is CCC1(CNCc2ccc(CO)cc2)CC1. The Kier molecular flexibility index (Phi) is 3.62. The van der Waals surface area contributed by atoms with Crippen molar-refractivity contribution in [2.75, 3.05) is 6.54 Å². The molecule has 0 radical (unpaired) electrons.